The van der Waals surface area contributed by atoms with Crippen molar-refractivity contribution in [3.05, 3.63) is 47.6 Å². The summed E-state index contributed by atoms with van der Waals surface area (Å²) < 4.78 is 39.0. The fraction of sp³-hybridized carbons (Fsp3) is 0.500. The molecule has 0 aromatic heterocycles. The largest absolute Gasteiger partial charge is 3.00 e. The van der Waals surface area contributed by atoms with Crippen molar-refractivity contribution in [1.82, 2.24) is 0 Å². The maximum absolute atomic E-state index is 9.75. The predicted octanol–water partition coefficient (Wildman–Crippen LogP) is 5.96. The average molecular weight is 353 g/mol. The molecule has 2 aliphatic carbocycles. The third-order valence-corrected chi connectivity index (χ3v) is 2.69. The van der Waals surface area contributed by atoms with Crippen molar-refractivity contribution >= 4 is 7.25 Å². The van der Waals surface area contributed by atoms with E-state index in [1.54, 1.807) is 0 Å². The van der Waals surface area contributed by atoms with Crippen LogP contribution < -0.4 is 0 Å². The van der Waals surface area contributed by atoms with Gasteiger partial charge in [-0.1, -0.05) is 39.5 Å². The molecule has 2 aliphatic rings. The van der Waals surface area contributed by atoms with Gasteiger partial charge in [0.15, 0.2) is 0 Å². The van der Waals surface area contributed by atoms with Crippen molar-refractivity contribution in [3.8, 4) is 0 Å². The molecule has 6 heteroatoms. The normalized spacial score (nSPS) is 15.5. The molecule has 0 bridgehead atoms. The molecule has 22 heavy (non-hydrogen) atoms. The molecule has 0 saturated heterocycles. The Bertz CT molecular complexity index is 378. The molecular formula is C16H22BCrF4. The Morgan fingerprint density at radius 1 is 0.818 bits per heavy atom. The first kappa shape index (κ1) is 23.5. The molecule has 123 valence electrons. The Hall–Kier alpha value is -0.723. The first-order valence-electron chi connectivity index (χ1n) is 7.03. The average Bonchev–Trinajstić information content (AvgIpc) is 3.02. The van der Waals surface area contributed by atoms with E-state index in [-0.39, 0.29) is 17.4 Å². The van der Waals surface area contributed by atoms with E-state index in [1.165, 1.54) is 11.1 Å². The van der Waals surface area contributed by atoms with Gasteiger partial charge in [0.05, 0.1) is 0 Å². The number of halogens is 4. The quantitative estimate of drug-likeness (QED) is 0.326. The van der Waals surface area contributed by atoms with Crippen LogP contribution in [0.1, 0.15) is 40.5 Å². The van der Waals surface area contributed by atoms with Gasteiger partial charge in [-0.25, -0.2) is 23.3 Å². The van der Waals surface area contributed by atoms with Crippen LogP contribution in [0.3, 0.4) is 0 Å². The molecule has 0 unspecified atom stereocenters. The molecule has 0 nitrogen and oxygen atoms in total. The Morgan fingerprint density at radius 2 is 1.09 bits per heavy atom. The van der Waals surface area contributed by atoms with E-state index < -0.39 is 7.25 Å². The summed E-state index contributed by atoms with van der Waals surface area (Å²) in [6.07, 6.45) is 17.2. The van der Waals surface area contributed by atoms with E-state index in [0.717, 1.165) is 12.8 Å². The topological polar surface area (TPSA) is 0 Å². The zero-order valence-electron chi connectivity index (χ0n) is 13.4. The second-order valence-corrected chi connectivity index (χ2v) is 5.28. The fourth-order valence-corrected chi connectivity index (χ4v) is 1.64. The predicted molar refractivity (Wildman–Crippen MR) is 80.9 cm³/mol. The van der Waals surface area contributed by atoms with Crippen LogP contribution in [0.2, 0.25) is 0 Å². The van der Waals surface area contributed by atoms with Gasteiger partial charge in [-0.05, 0) is 0 Å². The number of allylic oxidation sites excluding steroid dienone is 8. The third kappa shape index (κ3) is 14.2. The van der Waals surface area contributed by atoms with Crippen LogP contribution in [0.15, 0.2) is 35.5 Å². The Morgan fingerprint density at radius 3 is 1.18 bits per heavy atom. The zero-order valence-corrected chi connectivity index (χ0v) is 14.7. The standard InChI is InChI=1S/2C8H11.BF4.Cr/c2*1-7(2)8-5-3-4-6-8;2-1(3,4)5;/h2*3,5,7H,4H2,1-2H3;;/q3*-1;+3. The van der Waals surface area contributed by atoms with Crippen molar-refractivity contribution in [3.63, 3.8) is 0 Å². The molecule has 0 saturated carbocycles. The monoisotopic (exact) mass is 353 g/mol. The number of hydrogen-bond acceptors (Lipinski definition) is 0. The van der Waals surface area contributed by atoms with E-state index in [0.29, 0.717) is 11.8 Å². The molecule has 1 radical (unpaired) electrons. The number of rotatable bonds is 2. The third-order valence-electron chi connectivity index (χ3n) is 2.69. The van der Waals surface area contributed by atoms with Crippen molar-refractivity contribution in [2.24, 2.45) is 11.8 Å². The second kappa shape index (κ2) is 11.8. The SMILES string of the molecule is CC(C)C1=[C-]CC=C1.CC(C)C1=[C-]CC=C1.F[B-](F)(F)F.[Cr+3]. The summed E-state index contributed by atoms with van der Waals surface area (Å²) in [5, 5.41) is 0. The van der Waals surface area contributed by atoms with E-state index in [2.05, 4.69) is 64.2 Å². The minimum Gasteiger partial charge on any atom is -0.418 e. The smallest absolute Gasteiger partial charge is 0.418 e. The van der Waals surface area contributed by atoms with Crippen molar-refractivity contribution < 1.29 is 34.6 Å². The molecule has 0 aromatic rings. The van der Waals surface area contributed by atoms with Gasteiger partial charge in [0, 0.05) is 0 Å². The molecule has 0 spiro atoms. The molecule has 0 N–H and O–H groups in total. The van der Waals surface area contributed by atoms with Crippen LogP contribution in [-0.2, 0) is 17.4 Å². The Labute approximate surface area is 142 Å². The van der Waals surface area contributed by atoms with Crippen LogP contribution in [0.5, 0.6) is 0 Å². The van der Waals surface area contributed by atoms with E-state index >= 15 is 0 Å². The van der Waals surface area contributed by atoms with Crippen molar-refractivity contribution in [1.29, 1.82) is 0 Å². The molecule has 0 amide bonds. The van der Waals surface area contributed by atoms with Gasteiger partial charge in [-0.3, -0.25) is 12.2 Å². The van der Waals surface area contributed by atoms with Crippen LogP contribution in [0, 0.1) is 24.0 Å². The fourth-order valence-electron chi connectivity index (χ4n) is 1.64. The Balaban J connectivity index is 0. The summed E-state index contributed by atoms with van der Waals surface area (Å²) in [5.41, 5.74) is 2.73. The van der Waals surface area contributed by atoms with Crippen molar-refractivity contribution in [2.75, 3.05) is 0 Å². The van der Waals surface area contributed by atoms with Gasteiger partial charge in [-0.2, -0.15) is 12.2 Å². The summed E-state index contributed by atoms with van der Waals surface area (Å²) in [5.74, 6) is 1.32. The maximum Gasteiger partial charge on any atom is 3.00 e. The van der Waals surface area contributed by atoms with Crippen LogP contribution in [-0.4, -0.2) is 7.25 Å². The van der Waals surface area contributed by atoms with Gasteiger partial charge in [0.2, 0.25) is 0 Å². The minimum atomic E-state index is -6.00. The van der Waals surface area contributed by atoms with Gasteiger partial charge in [0.1, 0.15) is 0 Å². The summed E-state index contributed by atoms with van der Waals surface area (Å²) in [6, 6.07) is 0. The molecular weight excluding hydrogens is 331 g/mol. The molecule has 0 aliphatic heterocycles. The van der Waals surface area contributed by atoms with Crippen LogP contribution in [0.25, 0.3) is 0 Å². The van der Waals surface area contributed by atoms with Crippen molar-refractivity contribution in [2.45, 2.75) is 40.5 Å². The van der Waals surface area contributed by atoms with Gasteiger partial charge in [-0.15, -0.1) is 12.8 Å². The molecule has 0 fully saturated rings. The van der Waals surface area contributed by atoms with Crippen LogP contribution in [0.4, 0.5) is 17.3 Å². The molecule has 0 atom stereocenters. The second-order valence-electron chi connectivity index (χ2n) is 5.28. The molecule has 2 rings (SSSR count). The Kier molecular flexibility index (Phi) is 12.6. The molecule has 0 aromatic carbocycles. The van der Waals surface area contributed by atoms with Gasteiger partial charge in [0.25, 0.3) is 0 Å². The first-order chi connectivity index (χ1) is 9.61. The first-order valence-corrected chi connectivity index (χ1v) is 7.03. The number of hydrogen-bond donors (Lipinski definition) is 0. The molecule has 0 heterocycles. The van der Waals surface area contributed by atoms with E-state index in [9.17, 15) is 17.3 Å². The van der Waals surface area contributed by atoms with Gasteiger partial charge < -0.3 is 17.3 Å². The summed E-state index contributed by atoms with van der Waals surface area (Å²) in [4.78, 5) is 0. The van der Waals surface area contributed by atoms with E-state index in [1.807, 2.05) is 0 Å². The van der Waals surface area contributed by atoms with Crippen LogP contribution >= 0.6 is 0 Å². The zero-order chi connectivity index (χ0) is 16.5. The van der Waals surface area contributed by atoms with E-state index in [4.69, 9.17) is 0 Å². The van der Waals surface area contributed by atoms with Gasteiger partial charge >= 0.3 is 24.6 Å². The summed E-state index contributed by atoms with van der Waals surface area (Å²) >= 11 is 0. The summed E-state index contributed by atoms with van der Waals surface area (Å²) in [7, 11) is -6.00. The summed E-state index contributed by atoms with van der Waals surface area (Å²) in [6.45, 7) is 8.77. The minimum absolute atomic E-state index is 0. The maximum atomic E-state index is 9.75.